The number of carbonyl (C=O) groups is 1. The van der Waals surface area contributed by atoms with Gasteiger partial charge in [-0.2, -0.15) is 0 Å². The van der Waals surface area contributed by atoms with Gasteiger partial charge in [0.25, 0.3) is 5.91 Å². The summed E-state index contributed by atoms with van der Waals surface area (Å²) >= 11 is 6.30. The minimum atomic E-state index is -0.172. The molecule has 0 unspecified atom stereocenters. The van der Waals surface area contributed by atoms with Gasteiger partial charge in [0.05, 0.1) is 31.1 Å². The third kappa shape index (κ3) is 5.50. The van der Waals surface area contributed by atoms with Crippen molar-refractivity contribution in [3.63, 3.8) is 0 Å². The number of hydrogen-bond donors (Lipinski definition) is 2. The van der Waals surface area contributed by atoms with Gasteiger partial charge in [0.15, 0.2) is 12.0 Å². The van der Waals surface area contributed by atoms with Crippen LogP contribution in [-0.4, -0.2) is 62.6 Å². The first-order valence-electron chi connectivity index (χ1n) is 10.1. The van der Waals surface area contributed by atoms with Crippen LogP contribution in [0.3, 0.4) is 0 Å². The van der Waals surface area contributed by atoms with Crippen LogP contribution in [-0.2, 0) is 9.47 Å². The van der Waals surface area contributed by atoms with Crippen LogP contribution in [0.15, 0.2) is 12.1 Å². The number of nitrogens with one attached hydrogen (secondary N) is 1. The second kappa shape index (κ2) is 10.3. The van der Waals surface area contributed by atoms with Crippen molar-refractivity contribution in [2.75, 3.05) is 45.2 Å². The molecule has 0 atom stereocenters. The van der Waals surface area contributed by atoms with E-state index in [4.69, 9.17) is 31.5 Å². The van der Waals surface area contributed by atoms with Crippen LogP contribution in [0.2, 0.25) is 5.02 Å². The summed E-state index contributed by atoms with van der Waals surface area (Å²) in [5.74, 6) is 0.204. The first-order valence-corrected chi connectivity index (χ1v) is 10.4. The average Bonchev–Trinajstić information content (AvgIpc) is 3.20. The number of nitrogen functional groups attached to an aromatic ring is 1. The molecule has 0 saturated carbocycles. The second-order valence-electron chi connectivity index (χ2n) is 7.27. The van der Waals surface area contributed by atoms with E-state index in [1.165, 1.54) is 0 Å². The minimum absolute atomic E-state index is 0.119. The van der Waals surface area contributed by atoms with Gasteiger partial charge in [-0.1, -0.05) is 24.9 Å². The van der Waals surface area contributed by atoms with Crippen molar-refractivity contribution in [2.24, 2.45) is 0 Å². The summed E-state index contributed by atoms with van der Waals surface area (Å²) in [5, 5.41) is 3.42. The summed E-state index contributed by atoms with van der Waals surface area (Å²) in [4.78, 5) is 15.2. The first kappa shape index (κ1) is 21.2. The van der Waals surface area contributed by atoms with Crippen molar-refractivity contribution in [2.45, 2.75) is 44.9 Å². The Morgan fingerprint density at radius 3 is 2.71 bits per heavy atom. The number of carbonyl (C=O) groups excluding carboxylic acids is 1. The van der Waals surface area contributed by atoms with Gasteiger partial charge in [-0.25, -0.2) is 0 Å². The number of hydrogen-bond acceptors (Lipinski definition) is 6. The molecule has 3 N–H and O–H groups in total. The highest BCUT2D eigenvalue weighted by Crippen LogP contribution is 2.34. The van der Waals surface area contributed by atoms with Gasteiger partial charge in [-0.3, -0.25) is 9.69 Å². The molecule has 3 rings (SSSR count). The number of piperidine rings is 1. The summed E-state index contributed by atoms with van der Waals surface area (Å²) in [6.07, 6.45) is 3.53. The van der Waals surface area contributed by atoms with E-state index in [0.29, 0.717) is 41.8 Å². The SMILES string of the molecule is CCCCOc1c(C(=O)NC2CCN(CC3OCCO3)CC2)ccc(N)c1Cl. The fourth-order valence-corrected chi connectivity index (χ4v) is 3.68. The van der Waals surface area contributed by atoms with Crippen molar-refractivity contribution >= 4 is 23.2 Å². The number of ether oxygens (including phenoxy) is 3. The molecule has 1 amide bonds. The molecule has 2 heterocycles. The topological polar surface area (TPSA) is 86.0 Å². The molecule has 0 radical (unpaired) electrons. The van der Waals surface area contributed by atoms with Crippen molar-refractivity contribution in [1.82, 2.24) is 10.2 Å². The van der Waals surface area contributed by atoms with E-state index in [1.807, 2.05) is 0 Å². The lowest BCUT2D eigenvalue weighted by molar-refractivity contribution is -0.0650. The Bertz CT molecular complexity index is 659. The zero-order valence-electron chi connectivity index (χ0n) is 16.4. The van der Waals surface area contributed by atoms with Crippen LogP contribution in [0.25, 0.3) is 0 Å². The summed E-state index contributed by atoms with van der Waals surface area (Å²) in [6, 6.07) is 3.45. The maximum Gasteiger partial charge on any atom is 0.255 e. The molecule has 2 aliphatic heterocycles. The summed E-state index contributed by atoms with van der Waals surface area (Å²) in [6.45, 7) is 6.50. The number of nitrogens with zero attached hydrogens (tertiary/aromatic N) is 1. The van der Waals surface area contributed by atoms with E-state index >= 15 is 0 Å². The summed E-state index contributed by atoms with van der Waals surface area (Å²) in [7, 11) is 0. The maximum atomic E-state index is 12.8. The Hall–Kier alpha value is -1.54. The fourth-order valence-electron chi connectivity index (χ4n) is 3.46. The highest BCUT2D eigenvalue weighted by molar-refractivity contribution is 6.35. The predicted octanol–water partition coefficient (Wildman–Crippen LogP) is 2.67. The van der Waals surface area contributed by atoms with E-state index in [0.717, 1.165) is 45.3 Å². The third-order valence-electron chi connectivity index (χ3n) is 5.14. The van der Waals surface area contributed by atoms with Crippen molar-refractivity contribution in [3.8, 4) is 5.75 Å². The molecule has 28 heavy (non-hydrogen) atoms. The quantitative estimate of drug-likeness (QED) is 0.505. The van der Waals surface area contributed by atoms with Crippen molar-refractivity contribution < 1.29 is 19.0 Å². The molecule has 1 aromatic carbocycles. The van der Waals surface area contributed by atoms with Crippen molar-refractivity contribution in [3.05, 3.63) is 22.7 Å². The number of amides is 1. The molecule has 0 bridgehead atoms. The number of rotatable bonds is 8. The molecular weight excluding hydrogens is 382 g/mol. The Kier molecular flexibility index (Phi) is 7.79. The van der Waals surface area contributed by atoms with Gasteiger partial charge in [0.1, 0.15) is 5.02 Å². The zero-order valence-corrected chi connectivity index (χ0v) is 17.2. The fraction of sp³-hybridized carbons (Fsp3) is 0.650. The normalized spacial score (nSPS) is 19.1. The van der Waals surface area contributed by atoms with Gasteiger partial charge in [0.2, 0.25) is 0 Å². The first-order chi connectivity index (χ1) is 13.6. The minimum Gasteiger partial charge on any atom is -0.491 e. The zero-order chi connectivity index (χ0) is 19.9. The molecule has 8 heteroatoms. The van der Waals surface area contributed by atoms with Crippen LogP contribution in [0.1, 0.15) is 43.0 Å². The van der Waals surface area contributed by atoms with E-state index in [2.05, 4.69) is 17.1 Å². The van der Waals surface area contributed by atoms with E-state index in [9.17, 15) is 4.79 Å². The molecule has 2 saturated heterocycles. The average molecular weight is 412 g/mol. The summed E-state index contributed by atoms with van der Waals surface area (Å²) in [5.41, 5.74) is 6.74. The number of anilines is 1. The lowest BCUT2D eigenvalue weighted by atomic mass is 10.0. The highest BCUT2D eigenvalue weighted by Gasteiger charge is 2.26. The molecular formula is C20H30ClN3O4. The smallest absolute Gasteiger partial charge is 0.255 e. The molecule has 7 nitrogen and oxygen atoms in total. The van der Waals surface area contributed by atoms with E-state index < -0.39 is 0 Å². The van der Waals surface area contributed by atoms with Crippen LogP contribution >= 0.6 is 11.6 Å². The highest BCUT2D eigenvalue weighted by atomic mass is 35.5. The number of unbranched alkanes of at least 4 members (excludes halogenated alkanes) is 1. The number of halogens is 1. The Morgan fingerprint density at radius 2 is 2.04 bits per heavy atom. The summed E-state index contributed by atoms with van der Waals surface area (Å²) < 4.78 is 16.8. The lowest BCUT2D eigenvalue weighted by Crippen LogP contribution is -2.46. The van der Waals surface area contributed by atoms with Crippen molar-refractivity contribution in [1.29, 1.82) is 0 Å². The Labute approximate surface area is 171 Å². The van der Waals surface area contributed by atoms with Gasteiger partial charge in [0, 0.05) is 25.7 Å². The molecule has 0 aliphatic carbocycles. The van der Waals surface area contributed by atoms with Gasteiger partial charge < -0.3 is 25.3 Å². The molecule has 2 aliphatic rings. The lowest BCUT2D eigenvalue weighted by Gasteiger charge is -2.33. The maximum absolute atomic E-state index is 12.8. The Balaban J connectivity index is 1.55. The standard InChI is InChI=1S/C20H30ClN3O4/c1-2-3-10-28-19-15(4-5-16(22)18(19)21)20(25)23-14-6-8-24(9-7-14)13-17-26-11-12-27-17/h4-5,14,17H,2-3,6-13,22H2,1H3,(H,23,25). The third-order valence-corrected chi connectivity index (χ3v) is 5.53. The van der Waals surface area contributed by atoms with Gasteiger partial charge in [-0.15, -0.1) is 0 Å². The molecule has 156 valence electrons. The molecule has 0 spiro atoms. The van der Waals surface area contributed by atoms with Gasteiger partial charge in [-0.05, 0) is 31.4 Å². The second-order valence-corrected chi connectivity index (χ2v) is 7.64. The largest absolute Gasteiger partial charge is 0.491 e. The van der Waals surface area contributed by atoms with Crippen LogP contribution in [0.4, 0.5) is 5.69 Å². The number of benzene rings is 1. The van der Waals surface area contributed by atoms with Crippen LogP contribution in [0, 0.1) is 0 Å². The molecule has 0 aromatic heterocycles. The van der Waals surface area contributed by atoms with Crippen LogP contribution in [0.5, 0.6) is 5.75 Å². The number of nitrogens with two attached hydrogens (primary N) is 1. The van der Waals surface area contributed by atoms with Gasteiger partial charge >= 0.3 is 0 Å². The van der Waals surface area contributed by atoms with E-state index in [-0.39, 0.29) is 18.2 Å². The monoisotopic (exact) mass is 411 g/mol. The predicted molar refractivity (Wildman–Crippen MR) is 109 cm³/mol. The molecule has 2 fully saturated rings. The van der Waals surface area contributed by atoms with E-state index in [1.54, 1.807) is 12.1 Å². The Morgan fingerprint density at radius 1 is 1.32 bits per heavy atom. The molecule has 1 aromatic rings. The number of likely N-dealkylation sites (tertiary alicyclic amines) is 1. The van der Waals surface area contributed by atoms with Crippen LogP contribution < -0.4 is 15.8 Å².